The summed E-state index contributed by atoms with van der Waals surface area (Å²) >= 11 is 3.38. The fraction of sp³-hybridized carbons (Fsp3) is 0.500. The van der Waals surface area contributed by atoms with Gasteiger partial charge in [-0.05, 0) is 32.0 Å². The number of Topliss-reactive ketones (excluding diaryl/α,β-unsaturated/α-hetero) is 1. The minimum atomic E-state index is 0.215. The Bertz CT molecular complexity index is 382. The third-order valence-electron chi connectivity index (χ3n) is 3.51. The topological polar surface area (TPSA) is 20.3 Å². The highest BCUT2D eigenvalue weighted by Gasteiger charge is 2.21. The van der Waals surface area contributed by atoms with Gasteiger partial charge in [-0.1, -0.05) is 40.9 Å². The normalized spacial score (nSPS) is 16.6. The van der Waals surface area contributed by atoms with Crippen LogP contribution in [0.3, 0.4) is 0 Å². The quantitative estimate of drug-likeness (QED) is 0.793. The summed E-state index contributed by atoms with van der Waals surface area (Å²) in [6, 6.07) is 8.21. The van der Waals surface area contributed by atoms with E-state index in [1.54, 1.807) is 0 Å². The zero-order valence-electron chi connectivity index (χ0n) is 10.2. The molecule has 2 nitrogen and oxygen atoms in total. The average molecular weight is 296 g/mol. The summed E-state index contributed by atoms with van der Waals surface area (Å²) in [5, 5.41) is 0. The van der Waals surface area contributed by atoms with Crippen molar-refractivity contribution < 1.29 is 4.79 Å². The molecular formula is C14H18BrNO. The number of hydrogen-bond acceptors (Lipinski definition) is 2. The Balaban J connectivity index is 1.94. The SMILES string of the molecule is CN(CC(=O)c1ccc(Br)cc1)C1CCCC1. The lowest BCUT2D eigenvalue weighted by molar-refractivity contribution is 0.0921. The molecule has 1 aromatic rings. The van der Waals surface area contributed by atoms with Gasteiger partial charge in [0.15, 0.2) is 5.78 Å². The van der Waals surface area contributed by atoms with E-state index >= 15 is 0 Å². The van der Waals surface area contributed by atoms with Crippen LogP contribution in [0.5, 0.6) is 0 Å². The van der Waals surface area contributed by atoms with Crippen molar-refractivity contribution in [3.05, 3.63) is 34.3 Å². The monoisotopic (exact) mass is 295 g/mol. The lowest BCUT2D eigenvalue weighted by Crippen LogP contribution is -2.34. The minimum absolute atomic E-state index is 0.215. The number of benzene rings is 1. The highest BCUT2D eigenvalue weighted by atomic mass is 79.9. The van der Waals surface area contributed by atoms with E-state index in [1.165, 1.54) is 25.7 Å². The van der Waals surface area contributed by atoms with Crippen molar-refractivity contribution in [1.29, 1.82) is 0 Å². The summed E-state index contributed by atoms with van der Waals surface area (Å²) in [4.78, 5) is 14.3. The Morgan fingerprint density at radius 2 is 1.88 bits per heavy atom. The van der Waals surface area contributed by atoms with Gasteiger partial charge in [-0.25, -0.2) is 0 Å². The molecule has 0 atom stereocenters. The van der Waals surface area contributed by atoms with Gasteiger partial charge in [-0.3, -0.25) is 9.69 Å². The molecule has 1 aliphatic carbocycles. The molecule has 1 saturated carbocycles. The number of hydrogen-bond donors (Lipinski definition) is 0. The van der Waals surface area contributed by atoms with Crippen LogP contribution in [0.25, 0.3) is 0 Å². The molecule has 0 unspecified atom stereocenters. The second-order valence-corrected chi connectivity index (χ2v) is 5.70. The molecule has 3 heteroatoms. The molecular weight excluding hydrogens is 278 g/mol. The van der Waals surface area contributed by atoms with Crippen LogP contribution in [0.15, 0.2) is 28.7 Å². The fourth-order valence-electron chi connectivity index (χ4n) is 2.43. The number of likely N-dealkylation sites (N-methyl/N-ethyl adjacent to an activating group) is 1. The van der Waals surface area contributed by atoms with Crippen LogP contribution in [0, 0.1) is 0 Å². The van der Waals surface area contributed by atoms with Gasteiger partial charge in [0.2, 0.25) is 0 Å². The summed E-state index contributed by atoms with van der Waals surface area (Å²) in [5.41, 5.74) is 0.804. The highest BCUT2D eigenvalue weighted by molar-refractivity contribution is 9.10. The molecule has 0 aromatic heterocycles. The van der Waals surface area contributed by atoms with Gasteiger partial charge in [0, 0.05) is 16.1 Å². The molecule has 17 heavy (non-hydrogen) atoms. The van der Waals surface area contributed by atoms with Crippen LogP contribution in [-0.4, -0.2) is 30.3 Å². The predicted octanol–water partition coefficient (Wildman–Crippen LogP) is 3.51. The number of ketones is 1. The molecule has 0 N–H and O–H groups in total. The Morgan fingerprint density at radius 3 is 2.47 bits per heavy atom. The van der Waals surface area contributed by atoms with Gasteiger partial charge in [0.25, 0.3) is 0 Å². The fourth-order valence-corrected chi connectivity index (χ4v) is 2.69. The Hall–Kier alpha value is -0.670. The van der Waals surface area contributed by atoms with Crippen molar-refractivity contribution in [1.82, 2.24) is 4.90 Å². The average Bonchev–Trinajstić information content (AvgIpc) is 2.83. The number of carbonyl (C=O) groups excluding carboxylic acids is 1. The molecule has 0 amide bonds. The molecule has 1 aliphatic rings. The highest BCUT2D eigenvalue weighted by Crippen LogP contribution is 2.22. The van der Waals surface area contributed by atoms with E-state index in [2.05, 4.69) is 27.9 Å². The van der Waals surface area contributed by atoms with Gasteiger partial charge < -0.3 is 0 Å². The zero-order chi connectivity index (χ0) is 12.3. The summed E-state index contributed by atoms with van der Waals surface area (Å²) in [6.45, 7) is 0.534. The van der Waals surface area contributed by atoms with Crippen LogP contribution >= 0.6 is 15.9 Å². The number of carbonyl (C=O) groups is 1. The third-order valence-corrected chi connectivity index (χ3v) is 4.04. The molecule has 92 valence electrons. The summed E-state index contributed by atoms with van der Waals surface area (Å²) in [5.74, 6) is 0.215. The van der Waals surface area contributed by atoms with E-state index in [0.29, 0.717) is 12.6 Å². The predicted molar refractivity (Wildman–Crippen MR) is 73.4 cm³/mol. The minimum Gasteiger partial charge on any atom is -0.296 e. The summed E-state index contributed by atoms with van der Waals surface area (Å²) in [7, 11) is 2.06. The maximum atomic E-state index is 12.1. The first kappa shape index (κ1) is 12.8. The first-order valence-electron chi connectivity index (χ1n) is 6.16. The van der Waals surface area contributed by atoms with Crippen LogP contribution in [0.4, 0.5) is 0 Å². The van der Waals surface area contributed by atoms with Gasteiger partial charge >= 0.3 is 0 Å². The number of rotatable bonds is 4. The first-order valence-corrected chi connectivity index (χ1v) is 6.95. The molecule has 0 heterocycles. The van der Waals surface area contributed by atoms with Crippen molar-refractivity contribution in [2.24, 2.45) is 0 Å². The number of halogens is 1. The van der Waals surface area contributed by atoms with E-state index < -0.39 is 0 Å². The van der Waals surface area contributed by atoms with Gasteiger partial charge in [-0.2, -0.15) is 0 Å². The first-order chi connectivity index (χ1) is 8.16. The molecule has 0 aliphatic heterocycles. The standard InChI is InChI=1S/C14H18BrNO/c1-16(13-4-2-3-5-13)10-14(17)11-6-8-12(15)9-7-11/h6-9,13H,2-5,10H2,1H3. The van der Waals surface area contributed by atoms with Crippen LogP contribution in [0.1, 0.15) is 36.0 Å². The molecule has 0 radical (unpaired) electrons. The van der Waals surface area contributed by atoms with Crippen molar-refractivity contribution >= 4 is 21.7 Å². The van der Waals surface area contributed by atoms with Gasteiger partial charge in [0.1, 0.15) is 0 Å². The Morgan fingerprint density at radius 1 is 1.29 bits per heavy atom. The van der Waals surface area contributed by atoms with E-state index in [9.17, 15) is 4.79 Å². The molecule has 0 bridgehead atoms. The van der Waals surface area contributed by atoms with Crippen molar-refractivity contribution in [2.75, 3.05) is 13.6 Å². The maximum Gasteiger partial charge on any atom is 0.176 e. The number of nitrogens with zero attached hydrogens (tertiary/aromatic N) is 1. The van der Waals surface area contributed by atoms with Crippen LogP contribution in [0.2, 0.25) is 0 Å². The molecule has 1 aromatic carbocycles. The molecule has 0 saturated heterocycles. The van der Waals surface area contributed by atoms with Crippen molar-refractivity contribution in [3.8, 4) is 0 Å². The van der Waals surface area contributed by atoms with Crippen LogP contribution in [-0.2, 0) is 0 Å². The summed E-state index contributed by atoms with van der Waals surface area (Å²) < 4.78 is 1.01. The van der Waals surface area contributed by atoms with Crippen LogP contribution < -0.4 is 0 Å². The van der Waals surface area contributed by atoms with E-state index in [4.69, 9.17) is 0 Å². The van der Waals surface area contributed by atoms with Gasteiger partial charge in [-0.15, -0.1) is 0 Å². The molecule has 2 rings (SSSR count). The molecule has 0 spiro atoms. The Kier molecular flexibility index (Phi) is 4.35. The summed E-state index contributed by atoms with van der Waals surface area (Å²) in [6.07, 6.45) is 5.09. The smallest absolute Gasteiger partial charge is 0.176 e. The lowest BCUT2D eigenvalue weighted by atomic mass is 10.1. The van der Waals surface area contributed by atoms with E-state index in [0.717, 1.165) is 10.0 Å². The van der Waals surface area contributed by atoms with E-state index in [-0.39, 0.29) is 5.78 Å². The second kappa shape index (κ2) is 5.78. The Labute approximate surface area is 111 Å². The molecule has 1 fully saturated rings. The van der Waals surface area contributed by atoms with Crippen molar-refractivity contribution in [2.45, 2.75) is 31.7 Å². The van der Waals surface area contributed by atoms with Crippen molar-refractivity contribution in [3.63, 3.8) is 0 Å². The maximum absolute atomic E-state index is 12.1. The lowest BCUT2D eigenvalue weighted by Gasteiger charge is -2.23. The van der Waals surface area contributed by atoms with Gasteiger partial charge in [0.05, 0.1) is 6.54 Å². The third kappa shape index (κ3) is 3.39. The second-order valence-electron chi connectivity index (χ2n) is 4.78. The zero-order valence-corrected chi connectivity index (χ0v) is 11.7. The van der Waals surface area contributed by atoms with E-state index in [1.807, 2.05) is 24.3 Å². The largest absolute Gasteiger partial charge is 0.296 e.